The molecule has 1 fully saturated rings. The summed E-state index contributed by atoms with van der Waals surface area (Å²) in [5.41, 5.74) is 0.125. The summed E-state index contributed by atoms with van der Waals surface area (Å²) in [6.07, 6.45) is 1.70. The Bertz CT molecular complexity index is 643. The summed E-state index contributed by atoms with van der Waals surface area (Å²) in [6, 6.07) is 7.38. The summed E-state index contributed by atoms with van der Waals surface area (Å²) >= 11 is 0. The second-order valence-corrected chi connectivity index (χ2v) is 6.31. The molecule has 0 unspecified atom stereocenters. The van der Waals surface area contributed by atoms with Crippen LogP contribution in [0.15, 0.2) is 29.2 Å². The first-order valence-corrected chi connectivity index (χ1v) is 7.64. The van der Waals surface area contributed by atoms with Crippen molar-refractivity contribution in [2.75, 3.05) is 19.7 Å². The Morgan fingerprint density at radius 2 is 2.05 bits per heavy atom. The van der Waals surface area contributed by atoms with E-state index in [0.717, 1.165) is 12.8 Å². The Morgan fingerprint density at radius 3 is 2.70 bits per heavy atom. The van der Waals surface area contributed by atoms with E-state index in [1.54, 1.807) is 6.07 Å². The molecule has 0 spiro atoms. The van der Waals surface area contributed by atoms with Gasteiger partial charge in [-0.15, -0.1) is 0 Å². The fourth-order valence-electron chi connectivity index (χ4n) is 2.04. The monoisotopic (exact) mass is 294 g/mol. The highest BCUT2D eigenvalue weighted by molar-refractivity contribution is 7.89. The molecule has 106 valence electrons. The van der Waals surface area contributed by atoms with Crippen LogP contribution >= 0.6 is 0 Å². The number of rotatable bonds is 4. The zero-order valence-corrected chi connectivity index (χ0v) is 11.6. The number of hydrogen-bond donors (Lipinski definition) is 0. The van der Waals surface area contributed by atoms with Crippen LogP contribution < -0.4 is 0 Å². The molecule has 1 saturated heterocycles. The van der Waals surface area contributed by atoms with Gasteiger partial charge in [-0.25, -0.2) is 13.2 Å². The van der Waals surface area contributed by atoms with Crippen molar-refractivity contribution in [2.45, 2.75) is 17.7 Å². The zero-order valence-electron chi connectivity index (χ0n) is 10.8. The maximum atomic E-state index is 12.3. The molecule has 0 amide bonds. The van der Waals surface area contributed by atoms with Gasteiger partial charge in [0.25, 0.3) is 0 Å². The first kappa shape index (κ1) is 14.5. The highest BCUT2D eigenvalue weighted by Gasteiger charge is 2.27. The number of ether oxygens (including phenoxy) is 1. The lowest BCUT2D eigenvalue weighted by molar-refractivity contribution is 0.0554. The fraction of sp³-hybridized carbons (Fsp3) is 0.385. The van der Waals surface area contributed by atoms with Gasteiger partial charge in [-0.2, -0.15) is 9.57 Å². The Labute approximate surface area is 117 Å². The molecule has 1 aliphatic rings. The van der Waals surface area contributed by atoms with E-state index >= 15 is 0 Å². The molecule has 0 radical (unpaired) electrons. The van der Waals surface area contributed by atoms with Gasteiger partial charge in [0.05, 0.1) is 10.5 Å². The number of carbonyl (C=O) groups excluding carboxylic acids is 1. The van der Waals surface area contributed by atoms with Crippen molar-refractivity contribution in [1.82, 2.24) is 4.31 Å². The summed E-state index contributed by atoms with van der Waals surface area (Å²) in [6.45, 7) is 0.652. The molecule has 7 heteroatoms. The van der Waals surface area contributed by atoms with Gasteiger partial charge in [0.1, 0.15) is 6.07 Å². The third kappa shape index (κ3) is 2.98. The molecule has 6 nitrogen and oxygen atoms in total. The van der Waals surface area contributed by atoms with E-state index < -0.39 is 16.0 Å². The topological polar surface area (TPSA) is 87.5 Å². The van der Waals surface area contributed by atoms with Gasteiger partial charge in [-0.3, -0.25) is 0 Å². The second kappa shape index (κ2) is 6.03. The van der Waals surface area contributed by atoms with Crippen molar-refractivity contribution < 1.29 is 17.9 Å². The van der Waals surface area contributed by atoms with Gasteiger partial charge in [0, 0.05) is 13.1 Å². The molecule has 0 saturated carbocycles. The Morgan fingerprint density at radius 1 is 1.35 bits per heavy atom. The molecular formula is C13H14N2O4S. The van der Waals surface area contributed by atoms with Crippen molar-refractivity contribution in [3.05, 3.63) is 29.8 Å². The Balaban J connectivity index is 2.25. The van der Waals surface area contributed by atoms with Crippen LogP contribution in [-0.4, -0.2) is 38.4 Å². The number of sulfonamides is 1. The smallest absolute Gasteiger partial charge is 0.339 e. The largest absolute Gasteiger partial charge is 0.447 e. The molecule has 0 aromatic heterocycles. The molecule has 2 rings (SSSR count). The third-order valence-electron chi connectivity index (χ3n) is 3.04. The van der Waals surface area contributed by atoms with E-state index in [1.807, 2.05) is 0 Å². The minimum absolute atomic E-state index is 0.0748. The summed E-state index contributed by atoms with van der Waals surface area (Å²) in [7, 11) is -3.55. The van der Waals surface area contributed by atoms with Gasteiger partial charge in [0.15, 0.2) is 6.61 Å². The highest BCUT2D eigenvalue weighted by atomic mass is 32.2. The SMILES string of the molecule is N#CCOC(=O)c1cccc(S(=O)(=O)N2CCCC2)c1. The molecular weight excluding hydrogens is 280 g/mol. The van der Waals surface area contributed by atoms with Crippen LogP contribution in [0.25, 0.3) is 0 Å². The zero-order chi connectivity index (χ0) is 14.6. The molecule has 1 aromatic rings. The molecule has 0 aliphatic carbocycles. The molecule has 1 heterocycles. The Hall–Kier alpha value is -1.91. The number of nitrogens with zero attached hydrogens (tertiary/aromatic N) is 2. The highest BCUT2D eigenvalue weighted by Crippen LogP contribution is 2.21. The third-order valence-corrected chi connectivity index (χ3v) is 4.93. The second-order valence-electron chi connectivity index (χ2n) is 4.37. The van der Waals surface area contributed by atoms with E-state index in [4.69, 9.17) is 5.26 Å². The van der Waals surface area contributed by atoms with Crippen molar-refractivity contribution in [3.63, 3.8) is 0 Å². The van der Waals surface area contributed by atoms with Crippen LogP contribution in [0.5, 0.6) is 0 Å². The normalized spacial score (nSPS) is 15.8. The number of hydrogen-bond acceptors (Lipinski definition) is 5. The quantitative estimate of drug-likeness (QED) is 0.777. The van der Waals surface area contributed by atoms with E-state index in [0.29, 0.717) is 13.1 Å². The molecule has 0 bridgehead atoms. The van der Waals surface area contributed by atoms with Gasteiger partial charge in [-0.05, 0) is 31.0 Å². The first-order valence-electron chi connectivity index (χ1n) is 6.20. The minimum Gasteiger partial charge on any atom is -0.447 e. The standard InChI is InChI=1S/C13H14N2O4S/c14-6-9-19-13(16)11-4-3-5-12(10-11)20(17,18)15-7-1-2-8-15/h3-5,10H,1-2,7-9H2. The summed E-state index contributed by atoms with van der Waals surface area (Å²) in [5, 5.41) is 8.36. The van der Waals surface area contributed by atoms with Gasteiger partial charge < -0.3 is 4.74 Å². The summed E-state index contributed by atoms with van der Waals surface area (Å²) in [5.74, 6) is -0.704. The number of benzene rings is 1. The maximum absolute atomic E-state index is 12.3. The lowest BCUT2D eigenvalue weighted by atomic mass is 10.2. The van der Waals surface area contributed by atoms with Crippen molar-refractivity contribution in [2.24, 2.45) is 0 Å². The van der Waals surface area contributed by atoms with Gasteiger partial charge >= 0.3 is 5.97 Å². The van der Waals surface area contributed by atoms with Crippen LogP contribution in [0.2, 0.25) is 0 Å². The van der Waals surface area contributed by atoms with E-state index in [1.165, 1.54) is 28.6 Å². The van der Waals surface area contributed by atoms with E-state index in [-0.39, 0.29) is 17.1 Å². The Kier molecular flexibility index (Phi) is 4.37. The van der Waals surface area contributed by atoms with Gasteiger partial charge in [0.2, 0.25) is 10.0 Å². The molecule has 1 aliphatic heterocycles. The first-order chi connectivity index (χ1) is 9.55. The summed E-state index contributed by atoms with van der Waals surface area (Å²) < 4.78 is 30.8. The maximum Gasteiger partial charge on any atom is 0.339 e. The fourth-order valence-corrected chi connectivity index (χ4v) is 3.61. The summed E-state index contributed by atoms with van der Waals surface area (Å²) in [4.78, 5) is 11.7. The van der Waals surface area contributed by atoms with Crippen LogP contribution in [0.3, 0.4) is 0 Å². The molecule has 0 atom stereocenters. The predicted molar refractivity (Wildman–Crippen MR) is 70.3 cm³/mol. The van der Waals surface area contributed by atoms with Gasteiger partial charge in [-0.1, -0.05) is 6.07 Å². The number of esters is 1. The predicted octanol–water partition coefficient (Wildman–Crippen LogP) is 1.15. The van der Waals surface area contributed by atoms with Crippen molar-refractivity contribution >= 4 is 16.0 Å². The average Bonchev–Trinajstić information content (AvgIpc) is 2.99. The van der Waals surface area contributed by atoms with Crippen molar-refractivity contribution in [1.29, 1.82) is 5.26 Å². The van der Waals surface area contributed by atoms with Crippen LogP contribution in [-0.2, 0) is 14.8 Å². The lowest BCUT2D eigenvalue weighted by Crippen LogP contribution is -2.28. The van der Waals surface area contributed by atoms with Crippen LogP contribution in [0, 0.1) is 11.3 Å². The van der Waals surface area contributed by atoms with Crippen LogP contribution in [0.1, 0.15) is 23.2 Å². The molecule has 1 aromatic carbocycles. The lowest BCUT2D eigenvalue weighted by Gasteiger charge is -2.15. The molecule has 0 N–H and O–H groups in total. The van der Waals surface area contributed by atoms with Crippen LogP contribution in [0.4, 0.5) is 0 Å². The molecule has 20 heavy (non-hydrogen) atoms. The average molecular weight is 294 g/mol. The van der Waals surface area contributed by atoms with E-state index in [2.05, 4.69) is 4.74 Å². The van der Waals surface area contributed by atoms with Crippen molar-refractivity contribution in [3.8, 4) is 6.07 Å². The minimum atomic E-state index is -3.55. The van der Waals surface area contributed by atoms with E-state index in [9.17, 15) is 13.2 Å². The number of carbonyl (C=O) groups is 1. The number of nitriles is 1.